The zero-order chi connectivity index (χ0) is 30.8. The molecule has 7 atom stereocenters. The Morgan fingerprint density at radius 3 is 2.51 bits per heavy atom. The monoisotopic (exact) mass is 588 g/mol. The number of aliphatic hydroxyl groups is 2. The molecule has 4 aliphatic carbocycles. The van der Waals surface area contributed by atoms with E-state index in [-0.39, 0.29) is 36.4 Å². The molecule has 43 heavy (non-hydrogen) atoms. The molecular formula is C35H37FO7. The summed E-state index contributed by atoms with van der Waals surface area (Å²) in [5.74, 6) is -2.65. The number of carboxylic acids is 1. The van der Waals surface area contributed by atoms with E-state index in [2.05, 4.69) is 0 Å². The standard InChI is InChI=1S/C35H37FO7/c1-32-14-12-23(38)16-22(32)8-11-27-26-13-15-34(30(40)19-37,33(26,2)18-29(39)35(27,32)36)28-17-24(9-10-25(28)31(41)42)43-20-21-6-4-3-5-7-21/h3-7,9-10,12,14,16-17,26-27,29,37,39H,8,11,13,15,18-20H2,1-2H3,(H,41,42)/t26?,27?,29-,32-,33-,34+,35?/m0/s1. The number of halogens is 1. The third-order valence-electron chi connectivity index (χ3n) is 11.4. The van der Waals surface area contributed by atoms with Crippen LogP contribution in [0.1, 0.15) is 67.4 Å². The summed E-state index contributed by atoms with van der Waals surface area (Å²) in [6.45, 7) is 2.98. The summed E-state index contributed by atoms with van der Waals surface area (Å²) in [4.78, 5) is 38.8. The summed E-state index contributed by atoms with van der Waals surface area (Å²) in [6.07, 6.45) is 4.28. The molecule has 2 aromatic rings. The zero-order valence-electron chi connectivity index (χ0n) is 24.4. The number of ether oxygens (including phenoxy) is 1. The van der Waals surface area contributed by atoms with E-state index in [0.717, 1.165) is 5.56 Å². The number of benzene rings is 2. The van der Waals surface area contributed by atoms with Crippen molar-refractivity contribution < 1.29 is 38.8 Å². The van der Waals surface area contributed by atoms with Gasteiger partial charge in [-0.1, -0.05) is 48.9 Å². The van der Waals surface area contributed by atoms with Gasteiger partial charge in [0.2, 0.25) is 0 Å². The van der Waals surface area contributed by atoms with Crippen LogP contribution in [0.25, 0.3) is 0 Å². The van der Waals surface area contributed by atoms with Gasteiger partial charge in [0.05, 0.1) is 17.1 Å². The maximum atomic E-state index is 17.6. The predicted molar refractivity (Wildman–Crippen MR) is 156 cm³/mol. The molecule has 0 bridgehead atoms. The Morgan fingerprint density at radius 2 is 1.81 bits per heavy atom. The van der Waals surface area contributed by atoms with E-state index in [9.17, 15) is 29.7 Å². The number of hydrogen-bond donors (Lipinski definition) is 3. The number of Topliss-reactive ketones (excluding diaryl/α,β-unsaturated/α-hetero) is 1. The Bertz CT molecular complexity index is 1550. The molecular weight excluding hydrogens is 551 g/mol. The second kappa shape index (κ2) is 10.2. The smallest absolute Gasteiger partial charge is 0.336 e. The number of alkyl halides is 1. The molecule has 226 valence electrons. The Hall–Kier alpha value is -3.62. The highest BCUT2D eigenvalue weighted by Gasteiger charge is 2.74. The molecule has 0 amide bonds. The molecule has 3 N–H and O–H groups in total. The van der Waals surface area contributed by atoms with Crippen LogP contribution in [0.2, 0.25) is 0 Å². The van der Waals surface area contributed by atoms with Crippen LogP contribution < -0.4 is 4.74 Å². The van der Waals surface area contributed by atoms with Gasteiger partial charge in [-0.25, -0.2) is 9.18 Å². The Kier molecular flexibility index (Phi) is 7.01. The summed E-state index contributed by atoms with van der Waals surface area (Å²) in [5, 5.41) is 32.4. The lowest BCUT2D eigenvalue weighted by Gasteiger charge is -2.63. The average molecular weight is 589 g/mol. The van der Waals surface area contributed by atoms with Gasteiger partial charge < -0.3 is 20.1 Å². The van der Waals surface area contributed by atoms with Crippen molar-refractivity contribution in [1.29, 1.82) is 0 Å². The van der Waals surface area contributed by atoms with Crippen LogP contribution in [-0.4, -0.2) is 51.2 Å². The molecule has 4 aliphatic rings. The van der Waals surface area contributed by atoms with Crippen LogP contribution in [0.3, 0.4) is 0 Å². The quantitative estimate of drug-likeness (QED) is 0.410. The van der Waals surface area contributed by atoms with E-state index in [1.807, 2.05) is 37.3 Å². The Balaban J connectivity index is 1.46. The van der Waals surface area contributed by atoms with Gasteiger partial charge in [-0.15, -0.1) is 0 Å². The van der Waals surface area contributed by atoms with Gasteiger partial charge in [-0.2, -0.15) is 0 Å². The summed E-state index contributed by atoms with van der Waals surface area (Å²) in [5.41, 5.74) is -4.14. The lowest BCUT2D eigenvalue weighted by molar-refractivity contribution is -0.199. The largest absolute Gasteiger partial charge is 0.489 e. The van der Waals surface area contributed by atoms with E-state index in [1.54, 1.807) is 25.1 Å². The molecule has 0 radical (unpaired) electrons. The molecule has 0 aromatic heterocycles. The summed E-state index contributed by atoms with van der Waals surface area (Å²) in [7, 11) is 0. The van der Waals surface area contributed by atoms with Crippen molar-refractivity contribution in [1.82, 2.24) is 0 Å². The molecule has 8 heteroatoms. The summed E-state index contributed by atoms with van der Waals surface area (Å²) in [6, 6.07) is 14.0. The Morgan fingerprint density at radius 1 is 1.07 bits per heavy atom. The maximum absolute atomic E-state index is 17.6. The minimum Gasteiger partial charge on any atom is -0.489 e. The first-order valence-corrected chi connectivity index (χ1v) is 14.9. The fraction of sp³-hybridized carbons (Fsp3) is 0.457. The number of carboxylic acid groups (broad SMARTS) is 1. The van der Waals surface area contributed by atoms with E-state index >= 15 is 4.39 Å². The average Bonchev–Trinajstić information content (AvgIpc) is 3.30. The minimum atomic E-state index is -2.09. The van der Waals surface area contributed by atoms with Crippen molar-refractivity contribution in [2.75, 3.05) is 6.61 Å². The number of aliphatic hydroxyl groups excluding tert-OH is 2. The topological polar surface area (TPSA) is 121 Å². The van der Waals surface area contributed by atoms with Gasteiger partial charge in [0, 0.05) is 11.3 Å². The van der Waals surface area contributed by atoms with Crippen molar-refractivity contribution in [3.05, 3.63) is 89.0 Å². The first-order chi connectivity index (χ1) is 20.4. The zero-order valence-corrected chi connectivity index (χ0v) is 24.4. The van der Waals surface area contributed by atoms with Crippen LogP contribution >= 0.6 is 0 Å². The van der Waals surface area contributed by atoms with Crippen LogP contribution in [0.15, 0.2) is 72.3 Å². The highest BCUT2D eigenvalue weighted by Crippen LogP contribution is 2.72. The molecule has 0 saturated heterocycles. The maximum Gasteiger partial charge on any atom is 0.336 e. The fourth-order valence-electron chi connectivity index (χ4n) is 9.32. The first-order valence-electron chi connectivity index (χ1n) is 14.9. The molecule has 7 nitrogen and oxygen atoms in total. The number of fused-ring (bicyclic) bond motifs is 5. The third kappa shape index (κ3) is 4.02. The van der Waals surface area contributed by atoms with E-state index in [4.69, 9.17) is 4.74 Å². The molecule has 0 spiro atoms. The fourth-order valence-corrected chi connectivity index (χ4v) is 9.32. The number of ketones is 2. The molecule has 2 aromatic carbocycles. The molecule has 3 unspecified atom stereocenters. The van der Waals surface area contributed by atoms with Gasteiger partial charge in [0.1, 0.15) is 19.0 Å². The third-order valence-corrected chi connectivity index (χ3v) is 11.4. The number of rotatable bonds is 7. The van der Waals surface area contributed by atoms with E-state index in [1.165, 1.54) is 18.2 Å². The first kappa shape index (κ1) is 29.5. The van der Waals surface area contributed by atoms with Gasteiger partial charge >= 0.3 is 5.97 Å². The van der Waals surface area contributed by atoms with Crippen LogP contribution in [0.4, 0.5) is 4.39 Å². The lowest BCUT2D eigenvalue weighted by atomic mass is 9.42. The summed E-state index contributed by atoms with van der Waals surface area (Å²) >= 11 is 0. The predicted octanol–water partition coefficient (Wildman–Crippen LogP) is 5.13. The van der Waals surface area contributed by atoms with E-state index in [0.29, 0.717) is 30.6 Å². The number of hydrogen-bond acceptors (Lipinski definition) is 6. The number of aromatic carboxylic acids is 1. The number of allylic oxidation sites excluding steroid dienone is 4. The van der Waals surface area contributed by atoms with Gasteiger partial charge in [0.25, 0.3) is 0 Å². The number of carbonyl (C=O) groups excluding carboxylic acids is 2. The SMILES string of the molecule is C[C@]12C=CC(=O)C=C1CCC1C3CC[C@](C(=O)CO)(c4cc(OCc5ccccc5)ccc4C(=O)O)[C@@]3(C)C[C@H](O)C12F. The van der Waals surface area contributed by atoms with Crippen LogP contribution in [0, 0.1) is 22.7 Å². The van der Waals surface area contributed by atoms with Crippen molar-refractivity contribution in [2.24, 2.45) is 22.7 Å². The van der Waals surface area contributed by atoms with Crippen molar-refractivity contribution in [3.63, 3.8) is 0 Å². The molecule has 3 fully saturated rings. The van der Waals surface area contributed by atoms with Crippen molar-refractivity contribution in [2.45, 2.75) is 69.7 Å². The second-order valence-corrected chi connectivity index (χ2v) is 13.1. The minimum absolute atomic E-state index is 0.0862. The highest BCUT2D eigenvalue weighted by atomic mass is 19.1. The van der Waals surface area contributed by atoms with Gasteiger partial charge in [-0.3, -0.25) is 9.59 Å². The van der Waals surface area contributed by atoms with Crippen LogP contribution in [-0.2, 0) is 21.6 Å². The van der Waals surface area contributed by atoms with Crippen molar-refractivity contribution >= 4 is 17.5 Å². The number of carbonyl (C=O) groups is 3. The molecule has 6 rings (SSSR count). The summed E-state index contributed by atoms with van der Waals surface area (Å²) < 4.78 is 23.7. The van der Waals surface area contributed by atoms with Gasteiger partial charge in [0.15, 0.2) is 17.2 Å². The van der Waals surface area contributed by atoms with Crippen molar-refractivity contribution in [3.8, 4) is 5.75 Å². The molecule has 3 saturated carbocycles. The Labute approximate surface area is 250 Å². The second-order valence-electron chi connectivity index (χ2n) is 13.1. The van der Waals surface area contributed by atoms with E-state index < -0.39 is 58.2 Å². The molecule has 0 aliphatic heterocycles. The lowest BCUT2D eigenvalue weighted by Crippen LogP contribution is -2.68. The van der Waals surface area contributed by atoms with Crippen LogP contribution in [0.5, 0.6) is 5.75 Å². The van der Waals surface area contributed by atoms with Gasteiger partial charge in [-0.05, 0) is 91.8 Å². The highest BCUT2D eigenvalue weighted by molar-refractivity contribution is 6.01. The normalized spacial score (nSPS) is 36.3. The molecule has 0 heterocycles.